The Morgan fingerprint density at radius 2 is 1.17 bits per heavy atom. The van der Waals surface area contributed by atoms with Gasteiger partial charge in [-0.1, -0.05) is 71.1 Å². The Hall–Kier alpha value is 0.0300. The van der Waals surface area contributed by atoms with Crippen LogP contribution in [0.3, 0.4) is 0 Å². The maximum Gasteiger partial charge on any atom is 0.301 e. The third-order valence-electron chi connectivity index (χ3n) is 4.71. The van der Waals surface area contributed by atoms with Crippen LogP contribution in [0.5, 0.6) is 0 Å². The van der Waals surface area contributed by atoms with Gasteiger partial charge in [0.25, 0.3) is 0 Å². The monoisotopic (exact) mass is 364 g/mol. The van der Waals surface area contributed by atoms with Gasteiger partial charge in [-0.05, 0) is 12.8 Å². The Morgan fingerprint density at radius 3 is 1.62 bits per heavy atom. The smallest absolute Gasteiger partial charge is 0.301 e. The SMILES string of the molecule is CCCCCCCCCCCCCC[N+](C)(C)CCCOS(=O)O. The van der Waals surface area contributed by atoms with Gasteiger partial charge in [0, 0.05) is 6.42 Å². The minimum Gasteiger partial charge on any atom is -0.328 e. The van der Waals surface area contributed by atoms with Crippen LogP contribution < -0.4 is 0 Å². The van der Waals surface area contributed by atoms with Gasteiger partial charge in [-0.15, -0.1) is 0 Å². The van der Waals surface area contributed by atoms with Crippen LogP contribution >= 0.6 is 0 Å². The van der Waals surface area contributed by atoms with Gasteiger partial charge in [-0.25, -0.2) is 0 Å². The van der Waals surface area contributed by atoms with Gasteiger partial charge in [-0.3, -0.25) is 8.74 Å². The van der Waals surface area contributed by atoms with E-state index in [4.69, 9.17) is 4.55 Å². The molecule has 0 aromatic carbocycles. The third-order valence-corrected chi connectivity index (χ3v) is 5.08. The number of quaternary nitrogens is 1. The first-order valence-corrected chi connectivity index (χ1v) is 11.1. The molecule has 0 aromatic rings. The lowest BCUT2D eigenvalue weighted by Crippen LogP contribution is -2.41. The second-order valence-corrected chi connectivity index (χ2v) is 8.33. The van der Waals surface area contributed by atoms with E-state index in [1.807, 2.05) is 0 Å². The first-order chi connectivity index (χ1) is 11.5. The molecule has 0 fully saturated rings. The minimum atomic E-state index is -2.12. The first kappa shape index (κ1) is 24.0. The van der Waals surface area contributed by atoms with E-state index in [-0.39, 0.29) is 0 Å². The zero-order valence-electron chi connectivity index (χ0n) is 16.4. The molecule has 0 aromatic heterocycles. The highest BCUT2D eigenvalue weighted by Gasteiger charge is 2.14. The van der Waals surface area contributed by atoms with Gasteiger partial charge < -0.3 is 4.48 Å². The lowest BCUT2D eigenvalue weighted by atomic mass is 10.1. The molecule has 0 radical (unpaired) electrons. The third kappa shape index (κ3) is 18.4. The topological polar surface area (TPSA) is 46.5 Å². The molecule has 0 saturated carbocycles. The number of nitrogens with zero attached hydrogens (tertiary/aromatic N) is 1. The normalized spacial score (nSPS) is 13.3. The summed E-state index contributed by atoms with van der Waals surface area (Å²) in [7, 11) is 4.46. The van der Waals surface area contributed by atoms with Crippen molar-refractivity contribution in [1.82, 2.24) is 0 Å². The maximum atomic E-state index is 10.4. The number of rotatable bonds is 18. The predicted molar refractivity (Wildman–Crippen MR) is 104 cm³/mol. The summed E-state index contributed by atoms with van der Waals surface area (Å²) in [5.41, 5.74) is 0. The van der Waals surface area contributed by atoms with E-state index >= 15 is 0 Å². The number of hydrogen-bond acceptors (Lipinski definition) is 2. The zero-order valence-corrected chi connectivity index (χ0v) is 17.2. The van der Waals surface area contributed by atoms with Crippen molar-refractivity contribution in [3.05, 3.63) is 0 Å². The molecule has 0 aliphatic heterocycles. The molecule has 0 heterocycles. The van der Waals surface area contributed by atoms with Gasteiger partial charge in [-0.2, -0.15) is 4.21 Å². The molecule has 0 amide bonds. The molecule has 1 N–H and O–H groups in total. The molecule has 0 saturated heterocycles. The molecule has 5 heteroatoms. The van der Waals surface area contributed by atoms with Gasteiger partial charge >= 0.3 is 11.4 Å². The van der Waals surface area contributed by atoms with Crippen molar-refractivity contribution in [2.75, 3.05) is 33.8 Å². The highest BCUT2D eigenvalue weighted by molar-refractivity contribution is 7.74. The fourth-order valence-electron chi connectivity index (χ4n) is 3.12. The van der Waals surface area contributed by atoms with E-state index in [0.717, 1.165) is 17.4 Å². The van der Waals surface area contributed by atoms with Gasteiger partial charge in [0.15, 0.2) is 0 Å². The average molecular weight is 365 g/mol. The molecule has 0 spiro atoms. The second kappa shape index (κ2) is 16.5. The summed E-state index contributed by atoms with van der Waals surface area (Å²) in [6.07, 6.45) is 17.5. The Labute approximate surface area is 153 Å². The van der Waals surface area contributed by atoms with Gasteiger partial charge in [0.05, 0.1) is 33.8 Å². The largest absolute Gasteiger partial charge is 0.328 e. The predicted octanol–water partition coefficient (Wildman–Crippen LogP) is 5.31. The lowest BCUT2D eigenvalue weighted by molar-refractivity contribution is -0.890. The molecule has 1 unspecified atom stereocenters. The summed E-state index contributed by atoms with van der Waals surface area (Å²) in [5.74, 6) is 0. The molecular formula is C19H42NO3S+. The summed E-state index contributed by atoms with van der Waals surface area (Å²) >= 11 is -2.12. The molecule has 0 rings (SSSR count). The highest BCUT2D eigenvalue weighted by atomic mass is 32.2. The van der Waals surface area contributed by atoms with Gasteiger partial charge in [0.1, 0.15) is 0 Å². The van der Waals surface area contributed by atoms with E-state index in [1.165, 1.54) is 83.6 Å². The van der Waals surface area contributed by atoms with Crippen molar-refractivity contribution in [1.29, 1.82) is 0 Å². The van der Waals surface area contributed by atoms with E-state index < -0.39 is 11.4 Å². The summed E-state index contributed by atoms with van der Waals surface area (Å²) in [6.45, 7) is 4.81. The van der Waals surface area contributed by atoms with Crippen molar-refractivity contribution in [3.8, 4) is 0 Å². The molecule has 0 aliphatic carbocycles. The molecule has 0 bridgehead atoms. The maximum absolute atomic E-state index is 10.4. The van der Waals surface area contributed by atoms with Crippen LogP contribution in [0.25, 0.3) is 0 Å². The average Bonchev–Trinajstić information content (AvgIpc) is 2.52. The highest BCUT2D eigenvalue weighted by Crippen LogP contribution is 2.12. The van der Waals surface area contributed by atoms with Crippen LogP contribution in [0.1, 0.15) is 90.4 Å². The van der Waals surface area contributed by atoms with E-state index in [2.05, 4.69) is 25.2 Å². The van der Waals surface area contributed by atoms with Crippen LogP contribution in [0, 0.1) is 0 Å². The zero-order chi connectivity index (χ0) is 18.1. The van der Waals surface area contributed by atoms with Crippen LogP contribution in [-0.2, 0) is 15.5 Å². The van der Waals surface area contributed by atoms with E-state index in [1.54, 1.807) is 0 Å². The van der Waals surface area contributed by atoms with Crippen molar-refractivity contribution in [2.24, 2.45) is 0 Å². The van der Waals surface area contributed by atoms with E-state index in [9.17, 15) is 4.21 Å². The molecule has 146 valence electrons. The second-order valence-electron chi connectivity index (χ2n) is 7.66. The molecule has 4 nitrogen and oxygen atoms in total. The van der Waals surface area contributed by atoms with Crippen LogP contribution in [0.4, 0.5) is 0 Å². The fraction of sp³-hybridized carbons (Fsp3) is 1.00. The Morgan fingerprint density at radius 1 is 0.750 bits per heavy atom. The molecule has 24 heavy (non-hydrogen) atoms. The van der Waals surface area contributed by atoms with Crippen LogP contribution in [-0.4, -0.2) is 47.0 Å². The summed E-state index contributed by atoms with van der Waals surface area (Å²) < 4.78 is 24.6. The summed E-state index contributed by atoms with van der Waals surface area (Å²) in [4.78, 5) is 0. The summed E-state index contributed by atoms with van der Waals surface area (Å²) in [5, 5.41) is 0. The number of unbranched alkanes of at least 4 members (excludes halogenated alkanes) is 11. The summed E-state index contributed by atoms with van der Waals surface area (Å²) in [6, 6.07) is 0. The van der Waals surface area contributed by atoms with Crippen molar-refractivity contribution in [2.45, 2.75) is 90.4 Å². The first-order valence-electron chi connectivity index (χ1n) is 10.0. The number of hydrogen-bond donors (Lipinski definition) is 1. The Kier molecular flexibility index (Phi) is 16.5. The Balaban J connectivity index is 3.31. The molecule has 1 atom stereocenters. The van der Waals surface area contributed by atoms with Crippen molar-refractivity contribution < 1.29 is 17.4 Å². The fourth-order valence-corrected chi connectivity index (χ4v) is 3.38. The molecule has 0 aliphatic rings. The Bertz CT molecular complexity index is 298. The standard InChI is InChI=1S/C19H41NO3S/c1-4-5-6-7-8-9-10-11-12-13-14-15-17-20(2,3)18-16-19-23-24(21)22/h4-19H2,1-3H3/p+1. The quantitative estimate of drug-likeness (QED) is 0.204. The molecular weight excluding hydrogens is 322 g/mol. The van der Waals surface area contributed by atoms with Crippen molar-refractivity contribution in [3.63, 3.8) is 0 Å². The lowest BCUT2D eigenvalue weighted by Gasteiger charge is -2.29. The minimum absolute atomic E-state index is 0.364. The van der Waals surface area contributed by atoms with Crippen LogP contribution in [0.2, 0.25) is 0 Å². The van der Waals surface area contributed by atoms with Crippen LogP contribution in [0.15, 0.2) is 0 Å². The van der Waals surface area contributed by atoms with E-state index in [0.29, 0.717) is 6.61 Å². The van der Waals surface area contributed by atoms with Gasteiger partial charge in [0.2, 0.25) is 0 Å². The van der Waals surface area contributed by atoms with Crippen molar-refractivity contribution >= 4 is 11.4 Å².